The van der Waals surface area contributed by atoms with Crippen molar-refractivity contribution in [3.8, 4) is 11.5 Å². The number of hydrogen-bond donors (Lipinski definition) is 0. The third-order valence-corrected chi connectivity index (χ3v) is 3.43. The topological polar surface area (TPSA) is 29.5 Å². The van der Waals surface area contributed by atoms with Crippen molar-refractivity contribution in [2.45, 2.75) is 26.2 Å². The van der Waals surface area contributed by atoms with Gasteiger partial charge in [-0.3, -0.25) is 9.69 Å². The number of carbonyl (C=O) groups is 1. The standard InChI is InChI=1S/C17H17NO2/c1-2-3-12-17(19)18-13-8-4-6-10-15(13)20-16-11-7-5-9-14(16)18/h4-11H,2-3,12H2,1H3. The first-order valence-electron chi connectivity index (χ1n) is 7.00. The average molecular weight is 267 g/mol. The highest BCUT2D eigenvalue weighted by atomic mass is 16.5. The van der Waals surface area contributed by atoms with Crippen molar-refractivity contribution in [2.24, 2.45) is 0 Å². The monoisotopic (exact) mass is 267 g/mol. The lowest BCUT2D eigenvalue weighted by Crippen LogP contribution is -2.28. The van der Waals surface area contributed by atoms with Crippen LogP contribution in [0.1, 0.15) is 26.2 Å². The molecule has 0 spiro atoms. The number of ether oxygens (including phenoxy) is 1. The maximum atomic E-state index is 12.6. The number of unbranched alkanes of at least 4 members (excludes halogenated alkanes) is 1. The number of para-hydroxylation sites is 4. The van der Waals surface area contributed by atoms with Crippen molar-refractivity contribution in [3.05, 3.63) is 48.5 Å². The molecule has 0 aliphatic carbocycles. The Labute approximate surface area is 118 Å². The zero-order valence-corrected chi connectivity index (χ0v) is 11.5. The molecule has 1 heterocycles. The van der Waals surface area contributed by atoms with E-state index in [2.05, 4.69) is 6.92 Å². The molecule has 0 saturated heterocycles. The van der Waals surface area contributed by atoms with E-state index in [9.17, 15) is 4.79 Å². The molecule has 2 aromatic rings. The number of nitrogens with zero attached hydrogens (tertiary/aromatic N) is 1. The molecule has 20 heavy (non-hydrogen) atoms. The van der Waals surface area contributed by atoms with Gasteiger partial charge in [0, 0.05) is 6.42 Å². The highest BCUT2D eigenvalue weighted by molar-refractivity contribution is 6.04. The molecule has 1 aliphatic heterocycles. The summed E-state index contributed by atoms with van der Waals surface area (Å²) in [5.74, 6) is 1.59. The molecule has 0 fully saturated rings. The summed E-state index contributed by atoms with van der Waals surface area (Å²) >= 11 is 0. The van der Waals surface area contributed by atoms with E-state index in [4.69, 9.17) is 4.74 Å². The Bertz CT molecular complexity index is 591. The second-order valence-corrected chi connectivity index (χ2v) is 4.87. The van der Waals surface area contributed by atoms with Gasteiger partial charge < -0.3 is 4.74 Å². The minimum absolute atomic E-state index is 0.120. The van der Waals surface area contributed by atoms with Crippen LogP contribution in [0.4, 0.5) is 11.4 Å². The number of hydrogen-bond acceptors (Lipinski definition) is 2. The van der Waals surface area contributed by atoms with E-state index in [0.29, 0.717) is 6.42 Å². The molecule has 2 aromatic carbocycles. The predicted octanol–water partition coefficient (Wildman–Crippen LogP) is 4.65. The van der Waals surface area contributed by atoms with Gasteiger partial charge in [0.05, 0.1) is 11.4 Å². The number of benzene rings is 2. The Hall–Kier alpha value is -2.29. The van der Waals surface area contributed by atoms with Gasteiger partial charge in [-0.2, -0.15) is 0 Å². The highest BCUT2D eigenvalue weighted by Gasteiger charge is 2.27. The zero-order chi connectivity index (χ0) is 13.9. The van der Waals surface area contributed by atoms with Crippen LogP contribution < -0.4 is 9.64 Å². The van der Waals surface area contributed by atoms with Gasteiger partial charge in [0.25, 0.3) is 0 Å². The molecule has 3 heteroatoms. The van der Waals surface area contributed by atoms with Crippen LogP contribution >= 0.6 is 0 Å². The number of rotatable bonds is 3. The van der Waals surface area contributed by atoms with Crippen LogP contribution in [-0.4, -0.2) is 5.91 Å². The first-order chi connectivity index (χ1) is 9.81. The summed E-state index contributed by atoms with van der Waals surface area (Å²) in [6, 6.07) is 15.3. The summed E-state index contributed by atoms with van der Waals surface area (Å²) in [6.07, 6.45) is 2.47. The lowest BCUT2D eigenvalue weighted by Gasteiger charge is -2.31. The Kier molecular flexibility index (Phi) is 3.42. The lowest BCUT2D eigenvalue weighted by atomic mass is 10.1. The molecule has 1 amide bonds. The van der Waals surface area contributed by atoms with Gasteiger partial charge in [0.2, 0.25) is 5.91 Å². The Morgan fingerprint density at radius 1 is 1.00 bits per heavy atom. The van der Waals surface area contributed by atoms with E-state index < -0.39 is 0 Å². The van der Waals surface area contributed by atoms with Crippen molar-refractivity contribution in [1.29, 1.82) is 0 Å². The molecule has 3 rings (SSSR count). The SMILES string of the molecule is CCCCC(=O)N1c2ccccc2Oc2ccccc21. The zero-order valence-electron chi connectivity index (χ0n) is 11.5. The fourth-order valence-corrected chi connectivity index (χ4v) is 2.41. The normalized spacial score (nSPS) is 12.3. The first-order valence-corrected chi connectivity index (χ1v) is 7.00. The minimum Gasteiger partial charge on any atom is -0.453 e. The summed E-state index contributed by atoms with van der Waals surface area (Å²) in [5, 5.41) is 0. The molecule has 1 aliphatic rings. The maximum absolute atomic E-state index is 12.6. The number of anilines is 2. The molecular formula is C17H17NO2. The van der Waals surface area contributed by atoms with Gasteiger partial charge in [0.15, 0.2) is 11.5 Å². The highest BCUT2D eigenvalue weighted by Crippen LogP contribution is 2.46. The predicted molar refractivity (Wildman–Crippen MR) is 79.6 cm³/mol. The Balaban J connectivity index is 2.05. The molecule has 102 valence electrons. The molecule has 0 bridgehead atoms. The number of amides is 1. The van der Waals surface area contributed by atoms with Crippen LogP contribution in [0.3, 0.4) is 0 Å². The minimum atomic E-state index is 0.120. The third-order valence-electron chi connectivity index (χ3n) is 3.43. The molecule has 0 aromatic heterocycles. The van der Waals surface area contributed by atoms with Gasteiger partial charge >= 0.3 is 0 Å². The van der Waals surface area contributed by atoms with Crippen LogP contribution in [0.15, 0.2) is 48.5 Å². The lowest BCUT2D eigenvalue weighted by molar-refractivity contribution is -0.118. The van der Waals surface area contributed by atoms with Crippen LogP contribution in [0.5, 0.6) is 11.5 Å². The van der Waals surface area contributed by atoms with Crippen molar-refractivity contribution < 1.29 is 9.53 Å². The first kappa shape index (κ1) is 12.7. The van der Waals surface area contributed by atoms with Gasteiger partial charge in [-0.05, 0) is 30.7 Å². The van der Waals surface area contributed by atoms with Crippen molar-refractivity contribution in [1.82, 2.24) is 0 Å². The summed E-state index contributed by atoms with van der Waals surface area (Å²) in [6.45, 7) is 2.09. The maximum Gasteiger partial charge on any atom is 0.231 e. The van der Waals surface area contributed by atoms with Crippen molar-refractivity contribution in [2.75, 3.05) is 4.90 Å². The van der Waals surface area contributed by atoms with Crippen LogP contribution in [0.2, 0.25) is 0 Å². The van der Waals surface area contributed by atoms with Gasteiger partial charge in [-0.15, -0.1) is 0 Å². The second kappa shape index (κ2) is 5.37. The number of fused-ring (bicyclic) bond motifs is 2. The van der Waals surface area contributed by atoms with Gasteiger partial charge in [-0.1, -0.05) is 37.6 Å². The average Bonchev–Trinajstić information content (AvgIpc) is 2.50. The fraction of sp³-hybridized carbons (Fsp3) is 0.235. The molecule has 0 atom stereocenters. The molecule has 0 unspecified atom stereocenters. The molecular weight excluding hydrogens is 250 g/mol. The Morgan fingerprint density at radius 3 is 2.10 bits per heavy atom. The van der Waals surface area contributed by atoms with Crippen molar-refractivity contribution in [3.63, 3.8) is 0 Å². The number of carbonyl (C=O) groups excluding carboxylic acids is 1. The fourth-order valence-electron chi connectivity index (χ4n) is 2.41. The third kappa shape index (κ3) is 2.16. The van der Waals surface area contributed by atoms with Crippen LogP contribution in [-0.2, 0) is 4.79 Å². The summed E-state index contributed by atoms with van der Waals surface area (Å²) in [5.41, 5.74) is 1.65. The van der Waals surface area contributed by atoms with E-state index in [1.165, 1.54) is 0 Å². The quantitative estimate of drug-likeness (QED) is 0.810. The Morgan fingerprint density at radius 2 is 1.55 bits per heavy atom. The second-order valence-electron chi connectivity index (χ2n) is 4.87. The van der Waals surface area contributed by atoms with E-state index in [1.54, 1.807) is 4.90 Å². The van der Waals surface area contributed by atoms with Gasteiger partial charge in [-0.25, -0.2) is 0 Å². The summed E-state index contributed by atoms with van der Waals surface area (Å²) in [4.78, 5) is 14.3. The molecule has 0 N–H and O–H groups in total. The molecule has 3 nitrogen and oxygen atoms in total. The van der Waals surface area contributed by atoms with Gasteiger partial charge in [0.1, 0.15) is 0 Å². The van der Waals surface area contributed by atoms with E-state index in [1.807, 2.05) is 48.5 Å². The summed E-state index contributed by atoms with van der Waals surface area (Å²) in [7, 11) is 0. The smallest absolute Gasteiger partial charge is 0.231 e. The van der Waals surface area contributed by atoms with E-state index in [0.717, 1.165) is 35.7 Å². The largest absolute Gasteiger partial charge is 0.453 e. The molecule has 0 radical (unpaired) electrons. The summed E-state index contributed by atoms with van der Waals surface area (Å²) < 4.78 is 5.87. The van der Waals surface area contributed by atoms with Crippen LogP contribution in [0.25, 0.3) is 0 Å². The van der Waals surface area contributed by atoms with Crippen LogP contribution in [0, 0.1) is 0 Å². The van der Waals surface area contributed by atoms with E-state index >= 15 is 0 Å². The van der Waals surface area contributed by atoms with Crippen molar-refractivity contribution >= 4 is 17.3 Å². The molecule has 0 saturated carbocycles. The van der Waals surface area contributed by atoms with E-state index in [-0.39, 0.29) is 5.91 Å².